The molecule has 0 aromatic heterocycles. The second kappa shape index (κ2) is 5.00. The number of hydrogen-bond donors (Lipinski definition) is 1. The molecule has 2 aromatic rings. The third kappa shape index (κ3) is 2.25. The Hall–Kier alpha value is -2.16. The van der Waals surface area contributed by atoms with Gasteiger partial charge in [0.1, 0.15) is 11.5 Å². The van der Waals surface area contributed by atoms with Crippen LogP contribution in [0, 0.1) is 6.92 Å². The SMILES string of the molecule is COc1cccc(OC)c1-c1cc(C)cc(N)c1. The highest BCUT2D eigenvalue weighted by Crippen LogP contribution is 2.39. The molecule has 0 atom stereocenters. The number of nitrogen functional groups attached to an aromatic ring is 1. The Morgan fingerprint density at radius 2 is 1.56 bits per heavy atom. The van der Waals surface area contributed by atoms with E-state index in [-0.39, 0.29) is 0 Å². The number of anilines is 1. The van der Waals surface area contributed by atoms with Crippen molar-refractivity contribution in [1.82, 2.24) is 0 Å². The second-order valence-electron chi connectivity index (χ2n) is 4.17. The van der Waals surface area contributed by atoms with Gasteiger partial charge in [-0.3, -0.25) is 0 Å². The summed E-state index contributed by atoms with van der Waals surface area (Å²) in [5, 5.41) is 0. The van der Waals surface area contributed by atoms with Crippen molar-refractivity contribution in [2.75, 3.05) is 20.0 Å². The molecule has 0 fully saturated rings. The molecule has 0 aliphatic heterocycles. The summed E-state index contributed by atoms with van der Waals surface area (Å²) in [7, 11) is 3.30. The maximum Gasteiger partial charge on any atom is 0.130 e. The van der Waals surface area contributed by atoms with Crippen LogP contribution >= 0.6 is 0 Å². The van der Waals surface area contributed by atoms with Gasteiger partial charge in [-0.05, 0) is 42.3 Å². The summed E-state index contributed by atoms with van der Waals surface area (Å²) in [5.74, 6) is 1.55. The lowest BCUT2D eigenvalue weighted by molar-refractivity contribution is 0.397. The highest BCUT2D eigenvalue weighted by Gasteiger charge is 2.12. The number of methoxy groups -OCH3 is 2. The van der Waals surface area contributed by atoms with Crippen LogP contribution in [0.2, 0.25) is 0 Å². The molecule has 0 saturated heterocycles. The first kappa shape index (κ1) is 12.3. The topological polar surface area (TPSA) is 44.5 Å². The van der Waals surface area contributed by atoms with E-state index in [1.807, 2.05) is 37.3 Å². The summed E-state index contributed by atoms with van der Waals surface area (Å²) in [6.07, 6.45) is 0. The molecule has 0 radical (unpaired) electrons. The van der Waals surface area contributed by atoms with E-state index in [1.54, 1.807) is 14.2 Å². The van der Waals surface area contributed by atoms with Crippen molar-refractivity contribution in [2.45, 2.75) is 6.92 Å². The molecule has 0 heterocycles. The molecule has 2 N–H and O–H groups in total. The standard InChI is InChI=1S/C15H17NO2/c1-10-7-11(9-12(16)8-10)15-13(17-2)5-4-6-14(15)18-3/h4-9H,16H2,1-3H3. The molecule has 0 amide bonds. The molecule has 2 aromatic carbocycles. The third-order valence-corrected chi connectivity index (χ3v) is 2.82. The molecule has 3 nitrogen and oxygen atoms in total. The Kier molecular flexibility index (Phi) is 3.42. The fourth-order valence-corrected chi connectivity index (χ4v) is 2.09. The monoisotopic (exact) mass is 243 g/mol. The van der Waals surface area contributed by atoms with E-state index >= 15 is 0 Å². The minimum atomic E-state index is 0.734. The first-order valence-corrected chi connectivity index (χ1v) is 5.74. The zero-order valence-corrected chi connectivity index (χ0v) is 10.9. The van der Waals surface area contributed by atoms with Crippen molar-refractivity contribution >= 4 is 5.69 Å². The van der Waals surface area contributed by atoms with E-state index in [0.29, 0.717) is 0 Å². The van der Waals surface area contributed by atoms with E-state index in [9.17, 15) is 0 Å². The molecule has 94 valence electrons. The number of rotatable bonds is 3. The Morgan fingerprint density at radius 3 is 2.06 bits per heavy atom. The molecular formula is C15H17NO2. The number of aryl methyl sites for hydroxylation is 1. The summed E-state index contributed by atoms with van der Waals surface area (Å²) in [6, 6.07) is 11.7. The number of hydrogen-bond acceptors (Lipinski definition) is 3. The Bertz CT molecular complexity index is 522. The van der Waals surface area contributed by atoms with Crippen molar-refractivity contribution < 1.29 is 9.47 Å². The summed E-state index contributed by atoms with van der Waals surface area (Å²) in [5.41, 5.74) is 9.67. The van der Waals surface area contributed by atoms with E-state index < -0.39 is 0 Å². The Labute approximate surface area is 107 Å². The van der Waals surface area contributed by atoms with E-state index in [2.05, 4.69) is 6.07 Å². The van der Waals surface area contributed by atoms with Crippen molar-refractivity contribution in [3.05, 3.63) is 42.0 Å². The van der Waals surface area contributed by atoms with Crippen molar-refractivity contribution in [2.24, 2.45) is 0 Å². The molecule has 0 saturated carbocycles. The average molecular weight is 243 g/mol. The van der Waals surface area contributed by atoms with Crippen LogP contribution < -0.4 is 15.2 Å². The largest absolute Gasteiger partial charge is 0.496 e. The Balaban J connectivity index is 2.68. The van der Waals surface area contributed by atoms with E-state index in [1.165, 1.54) is 0 Å². The zero-order chi connectivity index (χ0) is 13.1. The van der Waals surface area contributed by atoms with Crippen LogP contribution in [0.15, 0.2) is 36.4 Å². The summed E-state index contributed by atoms with van der Waals surface area (Å²) in [6.45, 7) is 2.02. The molecular weight excluding hydrogens is 226 g/mol. The van der Waals surface area contributed by atoms with Gasteiger partial charge in [0.25, 0.3) is 0 Å². The van der Waals surface area contributed by atoms with Crippen molar-refractivity contribution in [3.8, 4) is 22.6 Å². The Morgan fingerprint density at radius 1 is 0.944 bits per heavy atom. The highest BCUT2D eigenvalue weighted by molar-refractivity contribution is 5.79. The molecule has 18 heavy (non-hydrogen) atoms. The second-order valence-corrected chi connectivity index (χ2v) is 4.17. The quantitative estimate of drug-likeness (QED) is 0.841. The predicted molar refractivity (Wildman–Crippen MR) is 74.1 cm³/mol. The number of benzene rings is 2. The lowest BCUT2D eigenvalue weighted by Gasteiger charge is -2.14. The van der Waals surface area contributed by atoms with Gasteiger partial charge >= 0.3 is 0 Å². The van der Waals surface area contributed by atoms with Gasteiger partial charge in [0.05, 0.1) is 19.8 Å². The zero-order valence-electron chi connectivity index (χ0n) is 10.9. The average Bonchev–Trinajstić information content (AvgIpc) is 2.36. The molecule has 0 spiro atoms. The number of ether oxygens (including phenoxy) is 2. The lowest BCUT2D eigenvalue weighted by Crippen LogP contribution is -1.94. The van der Waals surface area contributed by atoms with E-state index in [0.717, 1.165) is 33.9 Å². The molecule has 0 bridgehead atoms. The van der Waals surface area contributed by atoms with Gasteiger partial charge in [0.2, 0.25) is 0 Å². The van der Waals surface area contributed by atoms with Gasteiger partial charge in [-0.2, -0.15) is 0 Å². The third-order valence-electron chi connectivity index (χ3n) is 2.82. The van der Waals surface area contributed by atoms with Crippen LogP contribution in [0.5, 0.6) is 11.5 Å². The van der Waals surface area contributed by atoms with Crippen molar-refractivity contribution in [1.29, 1.82) is 0 Å². The smallest absolute Gasteiger partial charge is 0.130 e. The van der Waals surface area contributed by atoms with Gasteiger partial charge in [-0.15, -0.1) is 0 Å². The first-order valence-electron chi connectivity index (χ1n) is 5.74. The van der Waals surface area contributed by atoms with Crippen LogP contribution in [0.3, 0.4) is 0 Å². The van der Waals surface area contributed by atoms with Crippen LogP contribution in [0.4, 0.5) is 5.69 Å². The van der Waals surface area contributed by atoms with Gasteiger partial charge in [-0.25, -0.2) is 0 Å². The molecule has 0 unspecified atom stereocenters. The van der Waals surface area contributed by atoms with Crippen LogP contribution in [-0.4, -0.2) is 14.2 Å². The molecule has 3 heteroatoms. The summed E-state index contributed by atoms with van der Waals surface area (Å²) >= 11 is 0. The van der Waals surface area contributed by atoms with E-state index in [4.69, 9.17) is 15.2 Å². The van der Waals surface area contributed by atoms with Gasteiger partial charge in [0, 0.05) is 5.69 Å². The van der Waals surface area contributed by atoms with Crippen LogP contribution in [0.25, 0.3) is 11.1 Å². The predicted octanol–water partition coefficient (Wildman–Crippen LogP) is 3.26. The maximum absolute atomic E-state index is 5.90. The summed E-state index contributed by atoms with van der Waals surface area (Å²) < 4.78 is 10.8. The van der Waals surface area contributed by atoms with Gasteiger partial charge in [0.15, 0.2) is 0 Å². The maximum atomic E-state index is 5.90. The minimum absolute atomic E-state index is 0.734. The minimum Gasteiger partial charge on any atom is -0.496 e. The molecule has 2 rings (SSSR count). The lowest BCUT2D eigenvalue weighted by atomic mass is 10.0. The number of nitrogens with two attached hydrogens (primary N) is 1. The highest BCUT2D eigenvalue weighted by atomic mass is 16.5. The summed E-state index contributed by atoms with van der Waals surface area (Å²) in [4.78, 5) is 0. The van der Waals surface area contributed by atoms with Gasteiger partial charge < -0.3 is 15.2 Å². The molecule has 0 aliphatic carbocycles. The van der Waals surface area contributed by atoms with Crippen molar-refractivity contribution in [3.63, 3.8) is 0 Å². The normalized spacial score (nSPS) is 10.2. The van der Waals surface area contributed by atoms with Crippen LogP contribution in [0.1, 0.15) is 5.56 Å². The fraction of sp³-hybridized carbons (Fsp3) is 0.200. The van der Waals surface area contributed by atoms with Gasteiger partial charge in [-0.1, -0.05) is 12.1 Å². The first-order chi connectivity index (χ1) is 8.65. The van der Waals surface area contributed by atoms with Crippen LogP contribution in [-0.2, 0) is 0 Å². The molecule has 0 aliphatic rings. The fourth-order valence-electron chi connectivity index (χ4n) is 2.09.